The van der Waals surface area contributed by atoms with Gasteiger partial charge in [0.25, 0.3) is 0 Å². The summed E-state index contributed by atoms with van der Waals surface area (Å²) in [5.41, 5.74) is 1.51. The molecule has 0 radical (unpaired) electrons. The predicted octanol–water partition coefficient (Wildman–Crippen LogP) is 2.41. The third kappa shape index (κ3) is 3.90. The van der Waals surface area contributed by atoms with Gasteiger partial charge >= 0.3 is 5.97 Å². The van der Waals surface area contributed by atoms with Gasteiger partial charge < -0.3 is 10.4 Å². The lowest BCUT2D eigenvalue weighted by molar-refractivity contribution is -0.137. The van der Waals surface area contributed by atoms with Gasteiger partial charge in [0.1, 0.15) is 0 Å². The minimum absolute atomic E-state index is 0.129. The zero-order valence-corrected chi connectivity index (χ0v) is 10.1. The van der Waals surface area contributed by atoms with Crippen LogP contribution in [0.3, 0.4) is 0 Å². The molecule has 0 saturated carbocycles. The van der Waals surface area contributed by atoms with E-state index >= 15 is 0 Å². The maximum atomic E-state index is 11.9. The third-order valence-electron chi connectivity index (χ3n) is 2.48. The summed E-state index contributed by atoms with van der Waals surface area (Å²) in [6, 6.07) is 7.09. The number of nitrogens with one attached hydrogen (secondary N) is 1. The molecular formula is C13H17NO3. The Morgan fingerprint density at radius 2 is 1.88 bits per heavy atom. The number of carbonyl (C=O) groups excluding carboxylic acids is 1. The number of Topliss-reactive ketones (excluding diaryl/α,β-unsaturated/α-hetero) is 1. The number of carboxylic acid groups (broad SMARTS) is 1. The number of hydrogen-bond donors (Lipinski definition) is 2. The van der Waals surface area contributed by atoms with Crippen molar-refractivity contribution >= 4 is 17.4 Å². The first-order chi connectivity index (χ1) is 8.04. The minimum atomic E-state index is -0.949. The minimum Gasteiger partial charge on any atom is -0.481 e. The fraction of sp³-hybridized carbons (Fsp3) is 0.385. The van der Waals surface area contributed by atoms with Gasteiger partial charge in [-0.3, -0.25) is 9.59 Å². The summed E-state index contributed by atoms with van der Waals surface area (Å²) in [5.74, 6) is -1.57. The first-order valence-corrected chi connectivity index (χ1v) is 5.64. The summed E-state index contributed by atoms with van der Waals surface area (Å²) in [6.45, 7) is 4.45. The van der Waals surface area contributed by atoms with Crippen molar-refractivity contribution < 1.29 is 14.7 Å². The largest absolute Gasteiger partial charge is 0.481 e. The van der Waals surface area contributed by atoms with Crippen molar-refractivity contribution in [3.8, 4) is 0 Å². The molecule has 1 rings (SSSR count). The van der Waals surface area contributed by atoms with Crippen molar-refractivity contribution in [3.05, 3.63) is 29.8 Å². The number of carboxylic acids is 1. The number of rotatable bonds is 6. The van der Waals surface area contributed by atoms with Gasteiger partial charge in [-0.15, -0.1) is 0 Å². The average molecular weight is 235 g/mol. The highest BCUT2D eigenvalue weighted by Gasteiger charge is 2.17. The van der Waals surface area contributed by atoms with Gasteiger partial charge in [-0.25, -0.2) is 0 Å². The van der Waals surface area contributed by atoms with Crippen LogP contribution in [0.25, 0.3) is 0 Å². The SMILES string of the molecule is CCNc1ccc(C(=O)[C@H](C)CC(=O)O)cc1. The van der Waals surface area contributed by atoms with Gasteiger partial charge in [0.05, 0.1) is 6.42 Å². The molecule has 1 atom stereocenters. The molecular weight excluding hydrogens is 218 g/mol. The number of hydrogen-bond acceptors (Lipinski definition) is 3. The van der Waals surface area contributed by atoms with E-state index in [1.54, 1.807) is 19.1 Å². The summed E-state index contributed by atoms with van der Waals surface area (Å²) in [4.78, 5) is 22.4. The quantitative estimate of drug-likeness (QED) is 0.743. The first-order valence-electron chi connectivity index (χ1n) is 5.64. The lowest BCUT2D eigenvalue weighted by atomic mass is 9.96. The summed E-state index contributed by atoms with van der Waals surface area (Å²) >= 11 is 0. The lowest BCUT2D eigenvalue weighted by Crippen LogP contribution is -2.15. The lowest BCUT2D eigenvalue weighted by Gasteiger charge is -2.08. The number of carbonyl (C=O) groups is 2. The summed E-state index contributed by atoms with van der Waals surface area (Å²) < 4.78 is 0. The zero-order valence-electron chi connectivity index (χ0n) is 10.1. The number of ketones is 1. The van der Waals surface area contributed by atoms with E-state index in [0.717, 1.165) is 12.2 Å². The average Bonchev–Trinajstić information content (AvgIpc) is 2.28. The maximum absolute atomic E-state index is 11.9. The van der Waals surface area contributed by atoms with Crippen LogP contribution >= 0.6 is 0 Å². The molecule has 17 heavy (non-hydrogen) atoms. The van der Waals surface area contributed by atoms with Gasteiger partial charge in [0.2, 0.25) is 0 Å². The molecule has 0 heterocycles. The Morgan fingerprint density at radius 3 is 2.35 bits per heavy atom. The van der Waals surface area contributed by atoms with Crippen LogP contribution in [-0.2, 0) is 4.79 Å². The normalized spacial score (nSPS) is 11.9. The van der Waals surface area contributed by atoms with Crippen molar-refractivity contribution in [3.63, 3.8) is 0 Å². The highest BCUT2D eigenvalue weighted by Crippen LogP contribution is 2.15. The molecule has 0 aromatic heterocycles. The first kappa shape index (κ1) is 13.2. The smallest absolute Gasteiger partial charge is 0.304 e. The number of aliphatic carboxylic acids is 1. The van der Waals surface area contributed by atoms with Gasteiger partial charge in [0.15, 0.2) is 5.78 Å². The van der Waals surface area contributed by atoms with E-state index < -0.39 is 11.9 Å². The van der Waals surface area contributed by atoms with Crippen LogP contribution in [0.1, 0.15) is 30.6 Å². The molecule has 2 N–H and O–H groups in total. The molecule has 0 fully saturated rings. The monoisotopic (exact) mass is 235 g/mol. The van der Waals surface area contributed by atoms with E-state index in [0.29, 0.717) is 5.56 Å². The van der Waals surface area contributed by atoms with Crippen molar-refractivity contribution in [1.29, 1.82) is 0 Å². The van der Waals surface area contributed by atoms with Gasteiger partial charge in [-0.05, 0) is 31.2 Å². The van der Waals surface area contributed by atoms with Gasteiger partial charge in [0, 0.05) is 23.7 Å². The van der Waals surface area contributed by atoms with Crippen LogP contribution in [0.5, 0.6) is 0 Å². The molecule has 4 nitrogen and oxygen atoms in total. The Labute approximate surface area is 101 Å². The van der Waals surface area contributed by atoms with Crippen LogP contribution in [0.2, 0.25) is 0 Å². The van der Waals surface area contributed by atoms with E-state index in [2.05, 4.69) is 5.32 Å². The van der Waals surface area contributed by atoms with E-state index in [1.165, 1.54) is 0 Å². The molecule has 0 bridgehead atoms. The van der Waals surface area contributed by atoms with Crippen molar-refractivity contribution in [2.75, 3.05) is 11.9 Å². The van der Waals surface area contributed by atoms with Gasteiger partial charge in [-0.2, -0.15) is 0 Å². The molecule has 0 amide bonds. The Bertz CT molecular complexity index is 398. The topological polar surface area (TPSA) is 66.4 Å². The highest BCUT2D eigenvalue weighted by atomic mass is 16.4. The zero-order chi connectivity index (χ0) is 12.8. The van der Waals surface area contributed by atoms with Crippen LogP contribution in [0.4, 0.5) is 5.69 Å². The fourth-order valence-electron chi connectivity index (χ4n) is 1.60. The molecule has 0 unspecified atom stereocenters. The predicted molar refractivity (Wildman–Crippen MR) is 66.4 cm³/mol. The van der Waals surface area contributed by atoms with Gasteiger partial charge in [-0.1, -0.05) is 6.92 Å². The van der Waals surface area contributed by atoms with E-state index in [4.69, 9.17) is 5.11 Å². The standard InChI is InChI=1S/C13H17NO3/c1-3-14-11-6-4-10(5-7-11)13(17)9(2)8-12(15)16/h4-7,9,14H,3,8H2,1-2H3,(H,15,16)/t9-/m1/s1. The van der Waals surface area contributed by atoms with Crippen molar-refractivity contribution in [1.82, 2.24) is 0 Å². The molecule has 1 aromatic rings. The van der Waals surface area contributed by atoms with E-state index in [-0.39, 0.29) is 12.2 Å². The molecule has 1 aromatic carbocycles. The summed E-state index contributed by atoms with van der Waals surface area (Å²) in [7, 11) is 0. The van der Waals surface area contributed by atoms with Crippen LogP contribution in [-0.4, -0.2) is 23.4 Å². The highest BCUT2D eigenvalue weighted by molar-refractivity contribution is 5.99. The van der Waals surface area contributed by atoms with Crippen molar-refractivity contribution in [2.45, 2.75) is 20.3 Å². The summed E-state index contributed by atoms with van der Waals surface area (Å²) in [5, 5.41) is 11.8. The fourth-order valence-corrected chi connectivity index (χ4v) is 1.60. The number of anilines is 1. The van der Waals surface area contributed by atoms with E-state index in [1.807, 2.05) is 19.1 Å². The van der Waals surface area contributed by atoms with Crippen molar-refractivity contribution in [2.24, 2.45) is 5.92 Å². The Hall–Kier alpha value is -1.84. The second kappa shape index (κ2) is 6.03. The molecule has 0 aliphatic rings. The maximum Gasteiger partial charge on any atom is 0.304 e. The molecule has 0 saturated heterocycles. The molecule has 0 aliphatic carbocycles. The molecule has 4 heteroatoms. The van der Waals surface area contributed by atoms with Crippen LogP contribution in [0.15, 0.2) is 24.3 Å². The second-order valence-corrected chi connectivity index (χ2v) is 3.97. The van der Waals surface area contributed by atoms with Crippen LogP contribution in [0, 0.1) is 5.92 Å². The molecule has 0 aliphatic heterocycles. The Balaban J connectivity index is 2.72. The number of benzene rings is 1. The van der Waals surface area contributed by atoms with Crippen LogP contribution < -0.4 is 5.32 Å². The molecule has 92 valence electrons. The third-order valence-corrected chi connectivity index (χ3v) is 2.48. The van der Waals surface area contributed by atoms with E-state index in [9.17, 15) is 9.59 Å². The Kier molecular flexibility index (Phi) is 4.69. The summed E-state index contributed by atoms with van der Waals surface area (Å²) in [6.07, 6.45) is -0.131. The molecule has 0 spiro atoms. The Morgan fingerprint density at radius 1 is 1.29 bits per heavy atom. The second-order valence-electron chi connectivity index (χ2n) is 3.97.